The molecule has 120 valence electrons. The number of hydrogen-bond donors (Lipinski definition) is 1. The fraction of sp³-hybridized carbons (Fsp3) is 0.250. The number of piperazine rings is 1. The third-order valence-corrected chi connectivity index (χ3v) is 3.87. The van der Waals surface area contributed by atoms with Gasteiger partial charge in [0.15, 0.2) is 11.6 Å². The van der Waals surface area contributed by atoms with Gasteiger partial charge in [-0.3, -0.25) is 9.59 Å². The van der Waals surface area contributed by atoms with Crippen molar-refractivity contribution in [3.8, 4) is 0 Å². The molecule has 1 aliphatic heterocycles. The molecule has 1 saturated heterocycles. The van der Waals surface area contributed by atoms with Gasteiger partial charge in [-0.05, 0) is 24.3 Å². The highest BCUT2D eigenvalue weighted by Crippen LogP contribution is 2.16. The molecule has 0 bridgehead atoms. The summed E-state index contributed by atoms with van der Waals surface area (Å²) in [6.07, 6.45) is 1.63. The Labute approximate surface area is 131 Å². The lowest BCUT2D eigenvalue weighted by molar-refractivity contribution is 0.0746. The Bertz CT molecular complexity index is 763. The van der Waals surface area contributed by atoms with E-state index in [0.717, 1.165) is 17.8 Å². The van der Waals surface area contributed by atoms with E-state index in [1.54, 1.807) is 17.2 Å². The van der Waals surface area contributed by atoms with Crippen LogP contribution >= 0.6 is 0 Å². The number of benzene rings is 1. The van der Waals surface area contributed by atoms with E-state index in [2.05, 4.69) is 4.98 Å². The summed E-state index contributed by atoms with van der Waals surface area (Å²) in [5.41, 5.74) is 0.854. The summed E-state index contributed by atoms with van der Waals surface area (Å²) in [7, 11) is 0. The predicted octanol–water partition coefficient (Wildman–Crippen LogP) is 1.62. The van der Waals surface area contributed by atoms with Crippen molar-refractivity contribution in [2.24, 2.45) is 0 Å². The molecular weight excluding hydrogens is 304 g/mol. The first-order valence-electron chi connectivity index (χ1n) is 7.22. The molecule has 1 N–H and O–H groups in total. The van der Waals surface area contributed by atoms with E-state index in [0.29, 0.717) is 26.2 Å². The van der Waals surface area contributed by atoms with Gasteiger partial charge in [-0.25, -0.2) is 8.78 Å². The van der Waals surface area contributed by atoms with E-state index in [1.165, 1.54) is 12.1 Å². The van der Waals surface area contributed by atoms with Gasteiger partial charge in [0.1, 0.15) is 0 Å². The van der Waals surface area contributed by atoms with Crippen LogP contribution in [0.1, 0.15) is 10.4 Å². The predicted molar refractivity (Wildman–Crippen MR) is 81.5 cm³/mol. The van der Waals surface area contributed by atoms with Crippen molar-refractivity contribution >= 4 is 11.6 Å². The molecule has 0 spiro atoms. The van der Waals surface area contributed by atoms with Gasteiger partial charge in [0.05, 0.1) is 5.69 Å². The Hall–Kier alpha value is -2.70. The third kappa shape index (κ3) is 3.23. The smallest absolute Gasteiger partial charge is 0.254 e. The molecule has 0 saturated carbocycles. The van der Waals surface area contributed by atoms with Gasteiger partial charge >= 0.3 is 0 Å². The first-order chi connectivity index (χ1) is 11.0. The number of nitrogens with one attached hydrogen (secondary N) is 1. The molecule has 0 atom stereocenters. The molecule has 1 fully saturated rings. The van der Waals surface area contributed by atoms with E-state index < -0.39 is 11.6 Å². The number of halogens is 2. The van der Waals surface area contributed by atoms with Crippen molar-refractivity contribution in [2.45, 2.75) is 0 Å². The Morgan fingerprint density at radius 2 is 1.74 bits per heavy atom. The normalized spacial score (nSPS) is 14.9. The molecule has 7 heteroatoms. The Balaban J connectivity index is 1.66. The van der Waals surface area contributed by atoms with E-state index in [-0.39, 0.29) is 17.0 Å². The minimum atomic E-state index is -1.03. The van der Waals surface area contributed by atoms with E-state index in [9.17, 15) is 18.4 Å². The third-order valence-electron chi connectivity index (χ3n) is 3.87. The maximum absolute atomic E-state index is 13.2. The van der Waals surface area contributed by atoms with Crippen LogP contribution in [-0.2, 0) is 0 Å². The standard InChI is InChI=1S/C16H15F2N3O2/c17-13-3-1-11(9-14(13)18)16(23)21-7-5-20(6-8-21)12-2-4-15(22)19-10-12/h1-4,9-10H,5-8H2,(H,19,22). The average molecular weight is 319 g/mol. The van der Waals surface area contributed by atoms with Crippen LogP contribution in [0.3, 0.4) is 0 Å². The summed E-state index contributed by atoms with van der Waals surface area (Å²) >= 11 is 0. The van der Waals surface area contributed by atoms with Gasteiger partial charge in [0.2, 0.25) is 5.56 Å². The lowest BCUT2D eigenvalue weighted by atomic mass is 10.1. The van der Waals surface area contributed by atoms with Crippen LogP contribution < -0.4 is 10.5 Å². The maximum Gasteiger partial charge on any atom is 0.254 e. The maximum atomic E-state index is 13.2. The average Bonchev–Trinajstić information content (AvgIpc) is 2.57. The van der Waals surface area contributed by atoms with Crippen LogP contribution in [0.25, 0.3) is 0 Å². The molecule has 1 aliphatic rings. The van der Waals surface area contributed by atoms with Crippen LogP contribution in [0.2, 0.25) is 0 Å². The second kappa shape index (κ2) is 6.20. The van der Waals surface area contributed by atoms with Crippen LogP contribution in [0.4, 0.5) is 14.5 Å². The van der Waals surface area contributed by atoms with E-state index >= 15 is 0 Å². The van der Waals surface area contributed by atoms with Crippen LogP contribution in [-0.4, -0.2) is 42.0 Å². The monoisotopic (exact) mass is 319 g/mol. The summed E-state index contributed by atoms with van der Waals surface area (Å²) in [5.74, 6) is -2.31. The molecule has 0 aliphatic carbocycles. The quantitative estimate of drug-likeness (QED) is 0.915. The topological polar surface area (TPSA) is 56.4 Å². The van der Waals surface area contributed by atoms with Crippen molar-refractivity contribution in [1.82, 2.24) is 9.88 Å². The van der Waals surface area contributed by atoms with Gasteiger partial charge < -0.3 is 14.8 Å². The Morgan fingerprint density at radius 3 is 2.35 bits per heavy atom. The van der Waals surface area contributed by atoms with Crippen molar-refractivity contribution in [1.29, 1.82) is 0 Å². The van der Waals surface area contributed by atoms with Gasteiger partial charge in [-0.15, -0.1) is 0 Å². The highest BCUT2D eigenvalue weighted by atomic mass is 19.2. The number of amides is 1. The Morgan fingerprint density at radius 1 is 1.00 bits per heavy atom. The van der Waals surface area contributed by atoms with Gasteiger partial charge in [0.25, 0.3) is 5.91 Å². The zero-order chi connectivity index (χ0) is 16.4. The van der Waals surface area contributed by atoms with E-state index in [4.69, 9.17) is 0 Å². The van der Waals surface area contributed by atoms with Crippen molar-refractivity contribution in [3.05, 3.63) is 64.1 Å². The highest BCUT2D eigenvalue weighted by molar-refractivity contribution is 5.94. The lowest BCUT2D eigenvalue weighted by Crippen LogP contribution is -2.48. The number of carbonyl (C=O) groups is 1. The largest absolute Gasteiger partial charge is 0.367 e. The minimum absolute atomic E-state index is 0.140. The second-order valence-electron chi connectivity index (χ2n) is 5.32. The van der Waals surface area contributed by atoms with Crippen molar-refractivity contribution in [2.75, 3.05) is 31.1 Å². The van der Waals surface area contributed by atoms with Crippen LogP contribution in [0, 0.1) is 11.6 Å². The number of aromatic amines is 1. The van der Waals surface area contributed by atoms with Crippen molar-refractivity contribution in [3.63, 3.8) is 0 Å². The van der Waals surface area contributed by atoms with Gasteiger partial charge in [-0.2, -0.15) is 0 Å². The second-order valence-corrected chi connectivity index (χ2v) is 5.32. The number of aromatic nitrogens is 1. The fourth-order valence-electron chi connectivity index (χ4n) is 2.58. The molecule has 5 nitrogen and oxygen atoms in total. The van der Waals surface area contributed by atoms with Crippen LogP contribution in [0.5, 0.6) is 0 Å². The number of hydrogen-bond acceptors (Lipinski definition) is 3. The molecule has 1 aromatic carbocycles. The summed E-state index contributed by atoms with van der Waals surface area (Å²) < 4.78 is 26.2. The SMILES string of the molecule is O=C(c1ccc(F)c(F)c1)N1CCN(c2ccc(=O)[nH]c2)CC1. The van der Waals surface area contributed by atoms with E-state index in [1.807, 2.05) is 4.90 Å². The number of nitrogens with zero attached hydrogens (tertiary/aromatic N) is 2. The summed E-state index contributed by atoms with van der Waals surface area (Å²) in [4.78, 5) is 29.7. The summed E-state index contributed by atoms with van der Waals surface area (Å²) in [6, 6.07) is 6.35. The molecule has 0 radical (unpaired) electrons. The molecule has 1 amide bonds. The fourth-order valence-corrected chi connectivity index (χ4v) is 2.58. The van der Waals surface area contributed by atoms with Crippen LogP contribution in [0.15, 0.2) is 41.3 Å². The summed E-state index contributed by atoms with van der Waals surface area (Å²) in [5, 5.41) is 0. The van der Waals surface area contributed by atoms with Gasteiger partial charge in [0, 0.05) is 44.0 Å². The first kappa shape index (κ1) is 15.2. The molecule has 3 rings (SSSR count). The number of carbonyl (C=O) groups excluding carboxylic acids is 1. The molecular formula is C16H15F2N3O2. The van der Waals surface area contributed by atoms with Gasteiger partial charge in [-0.1, -0.05) is 0 Å². The number of pyridine rings is 1. The molecule has 2 aromatic rings. The Kier molecular flexibility index (Phi) is 4.10. The molecule has 1 aromatic heterocycles. The zero-order valence-electron chi connectivity index (χ0n) is 12.3. The lowest BCUT2D eigenvalue weighted by Gasteiger charge is -2.36. The number of anilines is 1. The zero-order valence-corrected chi connectivity index (χ0v) is 12.3. The molecule has 23 heavy (non-hydrogen) atoms. The first-order valence-corrected chi connectivity index (χ1v) is 7.22. The van der Waals surface area contributed by atoms with Crippen molar-refractivity contribution < 1.29 is 13.6 Å². The summed E-state index contributed by atoms with van der Waals surface area (Å²) in [6.45, 7) is 2.14. The molecule has 2 heterocycles. The minimum Gasteiger partial charge on any atom is -0.367 e. The number of rotatable bonds is 2. The molecule has 0 unspecified atom stereocenters. The number of H-pyrrole nitrogens is 1. The highest BCUT2D eigenvalue weighted by Gasteiger charge is 2.23.